The third kappa shape index (κ3) is 2.33. The fourth-order valence-electron chi connectivity index (χ4n) is 0.796. The van der Waals surface area contributed by atoms with Crippen molar-refractivity contribution in [2.45, 2.75) is 6.92 Å². The first-order valence-corrected chi connectivity index (χ1v) is 4.94. The monoisotopic (exact) mass is 222 g/mol. The average molecular weight is 222 g/mol. The van der Waals surface area contributed by atoms with Crippen molar-refractivity contribution in [2.75, 3.05) is 10.8 Å². The SMILES string of the molecule is CCN(c1ncnc(F)n1)S(=O)(=O)O. The molecule has 0 bridgehead atoms. The number of anilines is 1. The molecule has 0 saturated carbocycles. The Morgan fingerprint density at radius 1 is 1.57 bits per heavy atom. The van der Waals surface area contributed by atoms with Crippen molar-refractivity contribution >= 4 is 16.3 Å². The van der Waals surface area contributed by atoms with Gasteiger partial charge in [0.2, 0.25) is 5.95 Å². The Balaban J connectivity index is 3.14. The summed E-state index contributed by atoms with van der Waals surface area (Å²) in [6.07, 6.45) is -0.303. The highest BCUT2D eigenvalue weighted by molar-refractivity contribution is 7.87. The minimum Gasteiger partial charge on any atom is -0.269 e. The van der Waals surface area contributed by atoms with Gasteiger partial charge in [0.1, 0.15) is 6.33 Å². The number of aromatic nitrogens is 3. The fourth-order valence-corrected chi connectivity index (χ4v) is 1.42. The van der Waals surface area contributed by atoms with E-state index in [9.17, 15) is 12.8 Å². The number of nitrogens with zero attached hydrogens (tertiary/aromatic N) is 4. The van der Waals surface area contributed by atoms with E-state index in [1.165, 1.54) is 6.92 Å². The number of hydrogen-bond acceptors (Lipinski definition) is 5. The van der Waals surface area contributed by atoms with Crippen molar-refractivity contribution < 1.29 is 17.4 Å². The molecule has 1 heterocycles. The second-order valence-corrected chi connectivity index (χ2v) is 3.53. The fraction of sp³-hybridized carbons (Fsp3) is 0.400. The summed E-state index contributed by atoms with van der Waals surface area (Å²) >= 11 is 0. The summed E-state index contributed by atoms with van der Waals surface area (Å²) in [4.78, 5) is 9.56. The van der Waals surface area contributed by atoms with E-state index in [4.69, 9.17) is 4.55 Å². The van der Waals surface area contributed by atoms with Crippen LogP contribution in [0.5, 0.6) is 0 Å². The molecule has 78 valence electrons. The maximum absolute atomic E-state index is 12.5. The van der Waals surface area contributed by atoms with Gasteiger partial charge in [-0.3, -0.25) is 4.55 Å². The molecule has 1 rings (SSSR count). The summed E-state index contributed by atoms with van der Waals surface area (Å²) in [6, 6.07) is 0. The molecule has 0 spiro atoms. The molecular weight excluding hydrogens is 215 g/mol. The first kappa shape index (κ1) is 10.7. The molecule has 0 atom stereocenters. The topological polar surface area (TPSA) is 96.3 Å². The molecular formula is C5H7FN4O3S. The van der Waals surface area contributed by atoms with Gasteiger partial charge in [-0.2, -0.15) is 22.8 Å². The van der Waals surface area contributed by atoms with Gasteiger partial charge in [0.05, 0.1) is 0 Å². The van der Waals surface area contributed by atoms with Crippen LogP contribution in [0.1, 0.15) is 6.92 Å². The van der Waals surface area contributed by atoms with Gasteiger partial charge < -0.3 is 0 Å². The number of hydrogen-bond donors (Lipinski definition) is 1. The van der Waals surface area contributed by atoms with Crippen LogP contribution in [-0.4, -0.2) is 34.5 Å². The second-order valence-electron chi connectivity index (χ2n) is 2.20. The van der Waals surface area contributed by atoms with E-state index < -0.39 is 22.3 Å². The summed E-state index contributed by atoms with van der Waals surface area (Å²) < 4.78 is 43.1. The predicted octanol–water partition coefficient (Wildman–Crippen LogP) is -0.360. The smallest absolute Gasteiger partial charge is 0.269 e. The van der Waals surface area contributed by atoms with E-state index in [1.54, 1.807) is 0 Å². The number of rotatable bonds is 3. The highest BCUT2D eigenvalue weighted by Crippen LogP contribution is 2.08. The lowest BCUT2D eigenvalue weighted by molar-refractivity contribution is 0.476. The third-order valence-electron chi connectivity index (χ3n) is 1.32. The molecule has 0 amide bonds. The summed E-state index contributed by atoms with van der Waals surface area (Å²) in [5.74, 6) is -0.456. The van der Waals surface area contributed by atoms with Crippen LogP contribution < -0.4 is 4.31 Å². The summed E-state index contributed by atoms with van der Waals surface area (Å²) in [5, 5.41) is 0. The third-order valence-corrected chi connectivity index (χ3v) is 2.30. The molecule has 0 fully saturated rings. The minimum atomic E-state index is -4.47. The molecule has 0 aliphatic rings. The van der Waals surface area contributed by atoms with Crippen molar-refractivity contribution in [1.82, 2.24) is 15.0 Å². The van der Waals surface area contributed by atoms with E-state index in [1.807, 2.05) is 0 Å². The molecule has 1 aromatic rings. The molecule has 9 heteroatoms. The Labute approximate surface area is 79.5 Å². The molecule has 0 saturated heterocycles. The van der Waals surface area contributed by atoms with Crippen LogP contribution in [0.25, 0.3) is 0 Å². The van der Waals surface area contributed by atoms with Gasteiger partial charge >= 0.3 is 16.4 Å². The van der Waals surface area contributed by atoms with Crippen LogP contribution >= 0.6 is 0 Å². The van der Waals surface area contributed by atoms with Crippen LogP contribution in [0.3, 0.4) is 0 Å². The Kier molecular flexibility index (Phi) is 2.91. The summed E-state index contributed by atoms with van der Waals surface area (Å²) in [7, 11) is -4.47. The van der Waals surface area contributed by atoms with Crippen LogP contribution in [0.2, 0.25) is 0 Å². The van der Waals surface area contributed by atoms with Gasteiger partial charge in [-0.1, -0.05) is 0 Å². The molecule has 1 aromatic heterocycles. The lowest BCUT2D eigenvalue weighted by Gasteiger charge is -2.15. The van der Waals surface area contributed by atoms with Gasteiger partial charge in [0.25, 0.3) is 0 Å². The van der Waals surface area contributed by atoms with Gasteiger partial charge in [-0.05, 0) is 6.92 Å². The van der Waals surface area contributed by atoms with Crippen LogP contribution in [0.15, 0.2) is 6.33 Å². The van der Waals surface area contributed by atoms with E-state index in [0.29, 0.717) is 4.31 Å². The van der Waals surface area contributed by atoms with Crippen molar-refractivity contribution in [3.05, 3.63) is 12.4 Å². The molecule has 0 radical (unpaired) electrons. The van der Waals surface area contributed by atoms with Crippen LogP contribution in [-0.2, 0) is 10.3 Å². The molecule has 0 aliphatic heterocycles. The van der Waals surface area contributed by atoms with Gasteiger partial charge in [0.15, 0.2) is 0 Å². The molecule has 1 N–H and O–H groups in total. The standard InChI is InChI=1S/C5H7FN4O3S/c1-2-10(14(11,12)13)5-8-3-7-4(6)9-5/h3H,2H2,1H3,(H,11,12,13). The van der Waals surface area contributed by atoms with Crippen molar-refractivity contribution in [1.29, 1.82) is 0 Å². The largest absolute Gasteiger partial charge is 0.362 e. The predicted molar refractivity (Wildman–Crippen MR) is 44.4 cm³/mol. The lowest BCUT2D eigenvalue weighted by Crippen LogP contribution is -2.31. The van der Waals surface area contributed by atoms with E-state index >= 15 is 0 Å². The van der Waals surface area contributed by atoms with Gasteiger partial charge in [0, 0.05) is 6.54 Å². The molecule has 7 nitrogen and oxygen atoms in total. The first-order chi connectivity index (χ1) is 6.45. The second kappa shape index (κ2) is 3.80. The minimum absolute atomic E-state index is 0.109. The number of halogens is 1. The highest BCUT2D eigenvalue weighted by atomic mass is 32.2. The maximum Gasteiger partial charge on any atom is 0.362 e. The summed E-state index contributed by atoms with van der Waals surface area (Å²) in [5.41, 5.74) is 0. The molecule has 14 heavy (non-hydrogen) atoms. The Hall–Kier alpha value is -1.35. The van der Waals surface area contributed by atoms with E-state index in [2.05, 4.69) is 15.0 Å². The Morgan fingerprint density at radius 3 is 2.64 bits per heavy atom. The molecule has 0 aliphatic carbocycles. The first-order valence-electron chi connectivity index (χ1n) is 3.55. The molecule has 0 aromatic carbocycles. The lowest BCUT2D eigenvalue weighted by atomic mass is 10.7. The van der Waals surface area contributed by atoms with Crippen molar-refractivity contribution in [3.63, 3.8) is 0 Å². The highest BCUT2D eigenvalue weighted by Gasteiger charge is 2.20. The summed E-state index contributed by atoms with van der Waals surface area (Å²) in [6.45, 7) is 1.33. The normalized spacial score (nSPS) is 11.4. The van der Waals surface area contributed by atoms with Crippen molar-refractivity contribution in [3.8, 4) is 0 Å². The van der Waals surface area contributed by atoms with Gasteiger partial charge in [-0.15, -0.1) is 0 Å². The van der Waals surface area contributed by atoms with Crippen LogP contribution in [0, 0.1) is 6.08 Å². The van der Waals surface area contributed by atoms with E-state index in [0.717, 1.165) is 6.33 Å². The van der Waals surface area contributed by atoms with Crippen molar-refractivity contribution in [2.24, 2.45) is 0 Å². The average Bonchev–Trinajstić information content (AvgIpc) is 2.02. The quantitative estimate of drug-likeness (QED) is 0.701. The Morgan fingerprint density at radius 2 is 2.21 bits per heavy atom. The van der Waals surface area contributed by atoms with Crippen LogP contribution in [0.4, 0.5) is 10.3 Å². The molecule has 0 unspecified atom stereocenters. The zero-order chi connectivity index (χ0) is 10.8. The van der Waals surface area contributed by atoms with Gasteiger partial charge in [-0.25, -0.2) is 9.29 Å². The Bertz CT molecular complexity index is 423. The van der Waals surface area contributed by atoms with E-state index in [-0.39, 0.29) is 6.54 Å². The maximum atomic E-state index is 12.5. The zero-order valence-corrected chi connectivity index (χ0v) is 7.94. The zero-order valence-electron chi connectivity index (χ0n) is 7.12.